The van der Waals surface area contributed by atoms with Gasteiger partial charge in [0.2, 0.25) is 0 Å². The maximum Gasteiger partial charge on any atom is 0.191 e. The molecule has 1 saturated heterocycles. The van der Waals surface area contributed by atoms with Gasteiger partial charge in [-0.05, 0) is 50.4 Å². The van der Waals surface area contributed by atoms with Gasteiger partial charge in [0.25, 0.3) is 0 Å². The van der Waals surface area contributed by atoms with Gasteiger partial charge in [0, 0.05) is 32.4 Å². The van der Waals surface area contributed by atoms with E-state index in [0.29, 0.717) is 19.1 Å². The SMILES string of the molecule is CCNC(=NCc1ccccc1CN1CCCCC1C)NCc1ccnn1C.I. The molecule has 7 heteroatoms. The molecule has 3 rings (SSSR count). The Labute approximate surface area is 192 Å². The van der Waals surface area contributed by atoms with E-state index in [9.17, 15) is 0 Å². The fraction of sp³-hybridized carbons (Fsp3) is 0.545. The van der Waals surface area contributed by atoms with Gasteiger partial charge < -0.3 is 10.6 Å². The van der Waals surface area contributed by atoms with Crippen LogP contribution in [0.5, 0.6) is 0 Å². The molecule has 29 heavy (non-hydrogen) atoms. The zero-order valence-corrected chi connectivity index (χ0v) is 20.2. The molecule has 1 aliphatic rings. The van der Waals surface area contributed by atoms with E-state index in [1.54, 1.807) is 0 Å². The van der Waals surface area contributed by atoms with Crippen LogP contribution in [0.4, 0.5) is 0 Å². The van der Waals surface area contributed by atoms with Crippen molar-refractivity contribution in [2.75, 3.05) is 13.1 Å². The lowest BCUT2D eigenvalue weighted by Gasteiger charge is -2.33. The van der Waals surface area contributed by atoms with Crippen LogP contribution in [0.3, 0.4) is 0 Å². The quantitative estimate of drug-likeness (QED) is 0.339. The first-order valence-electron chi connectivity index (χ1n) is 10.5. The zero-order valence-electron chi connectivity index (χ0n) is 17.9. The molecule has 2 aromatic rings. The molecular formula is C22H35IN6. The van der Waals surface area contributed by atoms with E-state index < -0.39 is 0 Å². The minimum Gasteiger partial charge on any atom is -0.357 e. The van der Waals surface area contributed by atoms with Gasteiger partial charge in [-0.2, -0.15) is 5.10 Å². The number of halogens is 1. The molecule has 0 amide bonds. The first kappa shape index (κ1) is 23.7. The summed E-state index contributed by atoms with van der Waals surface area (Å²) in [7, 11) is 1.96. The van der Waals surface area contributed by atoms with E-state index in [2.05, 4.69) is 58.7 Å². The van der Waals surface area contributed by atoms with Gasteiger partial charge in [-0.1, -0.05) is 30.7 Å². The molecule has 2 N–H and O–H groups in total. The highest BCUT2D eigenvalue weighted by atomic mass is 127. The summed E-state index contributed by atoms with van der Waals surface area (Å²) in [6.45, 7) is 8.89. The molecule has 1 unspecified atom stereocenters. The molecule has 0 radical (unpaired) electrons. The lowest BCUT2D eigenvalue weighted by Crippen LogP contribution is -2.37. The van der Waals surface area contributed by atoms with Crippen molar-refractivity contribution in [3.05, 3.63) is 53.3 Å². The van der Waals surface area contributed by atoms with Crippen molar-refractivity contribution in [2.24, 2.45) is 12.0 Å². The number of aryl methyl sites for hydroxylation is 1. The van der Waals surface area contributed by atoms with Gasteiger partial charge >= 0.3 is 0 Å². The van der Waals surface area contributed by atoms with Crippen LogP contribution in [0.15, 0.2) is 41.5 Å². The predicted molar refractivity (Wildman–Crippen MR) is 130 cm³/mol. The lowest BCUT2D eigenvalue weighted by molar-refractivity contribution is 0.152. The van der Waals surface area contributed by atoms with Crippen LogP contribution in [-0.4, -0.2) is 39.8 Å². The van der Waals surface area contributed by atoms with Gasteiger partial charge in [0.1, 0.15) is 0 Å². The number of hydrogen-bond donors (Lipinski definition) is 2. The molecule has 0 spiro atoms. The smallest absolute Gasteiger partial charge is 0.191 e. The number of aliphatic imine (C=N–C) groups is 1. The Morgan fingerprint density at radius 1 is 1.17 bits per heavy atom. The molecule has 160 valence electrons. The highest BCUT2D eigenvalue weighted by Crippen LogP contribution is 2.21. The number of nitrogens with one attached hydrogen (secondary N) is 2. The second-order valence-corrected chi connectivity index (χ2v) is 7.58. The summed E-state index contributed by atoms with van der Waals surface area (Å²) < 4.78 is 1.88. The fourth-order valence-corrected chi connectivity index (χ4v) is 3.73. The van der Waals surface area contributed by atoms with Crippen molar-refractivity contribution in [2.45, 2.75) is 58.8 Å². The Morgan fingerprint density at radius 3 is 2.66 bits per heavy atom. The molecular weight excluding hydrogens is 475 g/mol. The Hall–Kier alpha value is -1.61. The second-order valence-electron chi connectivity index (χ2n) is 7.58. The predicted octanol–water partition coefficient (Wildman–Crippen LogP) is 3.67. The third kappa shape index (κ3) is 6.99. The van der Waals surface area contributed by atoms with Crippen LogP contribution in [0.1, 0.15) is 49.9 Å². The summed E-state index contributed by atoms with van der Waals surface area (Å²) in [4.78, 5) is 7.44. The maximum atomic E-state index is 4.83. The minimum absolute atomic E-state index is 0. The number of benzene rings is 1. The van der Waals surface area contributed by atoms with Crippen LogP contribution in [-0.2, 0) is 26.7 Å². The van der Waals surface area contributed by atoms with E-state index in [1.807, 2.05) is 24.0 Å². The van der Waals surface area contributed by atoms with Crippen molar-refractivity contribution in [1.29, 1.82) is 0 Å². The summed E-state index contributed by atoms with van der Waals surface area (Å²) in [5.41, 5.74) is 3.82. The Morgan fingerprint density at radius 2 is 1.97 bits per heavy atom. The van der Waals surface area contributed by atoms with Crippen LogP contribution >= 0.6 is 24.0 Å². The summed E-state index contributed by atoms with van der Waals surface area (Å²) in [5.74, 6) is 0.838. The Bertz CT molecular complexity index is 772. The minimum atomic E-state index is 0. The monoisotopic (exact) mass is 510 g/mol. The van der Waals surface area contributed by atoms with Crippen molar-refractivity contribution in [1.82, 2.24) is 25.3 Å². The van der Waals surface area contributed by atoms with Crippen molar-refractivity contribution >= 4 is 29.9 Å². The molecule has 0 saturated carbocycles. The molecule has 0 bridgehead atoms. The number of rotatable bonds is 7. The van der Waals surface area contributed by atoms with E-state index in [4.69, 9.17) is 4.99 Å². The van der Waals surface area contributed by atoms with E-state index in [0.717, 1.165) is 24.7 Å². The van der Waals surface area contributed by atoms with E-state index in [-0.39, 0.29) is 24.0 Å². The molecule has 2 heterocycles. The molecule has 1 atom stereocenters. The Kier molecular flexibility index (Phi) is 9.93. The van der Waals surface area contributed by atoms with E-state index >= 15 is 0 Å². The van der Waals surface area contributed by atoms with Crippen molar-refractivity contribution in [3.8, 4) is 0 Å². The third-order valence-electron chi connectivity index (χ3n) is 5.54. The summed E-state index contributed by atoms with van der Waals surface area (Å²) in [5, 5.41) is 11.0. The normalized spacial score (nSPS) is 17.6. The van der Waals surface area contributed by atoms with Crippen molar-refractivity contribution < 1.29 is 0 Å². The number of nitrogens with zero attached hydrogens (tertiary/aromatic N) is 4. The largest absolute Gasteiger partial charge is 0.357 e. The molecule has 1 aliphatic heterocycles. The molecule has 0 aliphatic carbocycles. The van der Waals surface area contributed by atoms with Gasteiger partial charge in [0.05, 0.1) is 18.8 Å². The number of aromatic nitrogens is 2. The highest BCUT2D eigenvalue weighted by Gasteiger charge is 2.19. The zero-order chi connectivity index (χ0) is 19.8. The number of hydrogen-bond acceptors (Lipinski definition) is 3. The van der Waals surface area contributed by atoms with Crippen LogP contribution in [0.25, 0.3) is 0 Å². The molecule has 1 aromatic heterocycles. The third-order valence-corrected chi connectivity index (χ3v) is 5.54. The fourth-order valence-electron chi connectivity index (χ4n) is 3.73. The van der Waals surface area contributed by atoms with Gasteiger partial charge in [-0.25, -0.2) is 4.99 Å². The molecule has 1 aromatic carbocycles. The van der Waals surface area contributed by atoms with Crippen molar-refractivity contribution in [3.63, 3.8) is 0 Å². The van der Waals surface area contributed by atoms with Crippen LogP contribution < -0.4 is 10.6 Å². The topological polar surface area (TPSA) is 57.5 Å². The number of likely N-dealkylation sites (tertiary alicyclic amines) is 1. The van der Waals surface area contributed by atoms with Crippen LogP contribution in [0, 0.1) is 0 Å². The first-order valence-corrected chi connectivity index (χ1v) is 10.5. The van der Waals surface area contributed by atoms with Crippen LogP contribution in [0.2, 0.25) is 0 Å². The second kappa shape index (κ2) is 12.2. The van der Waals surface area contributed by atoms with Gasteiger partial charge in [-0.3, -0.25) is 9.58 Å². The highest BCUT2D eigenvalue weighted by molar-refractivity contribution is 14.0. The number of guanidine groups is 1. The maximum absolute atomic E-state index is 4.83. The van der Waals surface area contributed by atoms with E-state index in [1.165, 1.54) is 36.9 Å². The molecule has 6 nitrogen and oxygen atoms in total. The standard InChI is InChI=1S/C22H34N6.HI/c1-4-23-22(25-16-21-12-13-26-27(21)3)24-15-19-10-5-6-11-20(19)17-28-14-8-7-9-18(28)2;/h5-6,10-13,18H,4,7-9,14-17H2,1-3H3,(H2,23,24,25);1H. The first-order chi connectivity index (χ1) is 13.7. The van der Waals surface area contributed by atoms with Gasteiger partial charge in [0.15, 0.2) is 5.96 Å². The average molecular weight is 510 g/mol. The molecule has 1 fully saturated rings. The summed E-state index contributed by atoms with van der Waals surface area (Å²) >= 11 is 0. The average Bonchev–Trinajstić information content (AvgIpc) is 3.11. The number of piperidine rings is 1. The summed E-state index contributed by atoms with van der Waals surface area (Å²) in [6.07, 6.45) is 5.80. The lowest BCUT2D eigenvalue weighted by atomic mass is 10.0. The van der Waals surface area contributed by atoms with Gasteiger partial charge in [-0.15, -0.1) is 24.0 Å². The summed E-state index contributed by atoms with van der Waals surface area (Å²) in [6, 6.07) is 11.4. The Balaban J connectivity index is 0.00000300.